The number of hydrogen-bond donors (Lipinski definition) is 1. The Labute approximate surface area is 176 Å². The molecule has 0 aliphatic carbocycles. The number of carbonyl (C=O) groups is 1. The van der Waals surface area contributed by atoms with E-state index in [1.165, 1.54) is 24.3 Å². The third-order valence-corrected chi connectivity index (χ3v) is 4.24. The van der Waals surface area contributed by atoms with Gasteiger partial charge in [-0.1, -0.05) is 18.2 Å². The molecule has 0 radical (unpaired) electrons. The highest BCUT2D eigenvalue weighted by Gasteiger charge is 2.20. The van der Waals surface area contributed by atoms with Crippen LogP contribution in [0.2, 0.25) is 0 Å². The summed E-state index contributed by atoms with van der Waals surface area (Å²) in [5, 5.41) is 11.7. The number of nitriles is 1. The molecule has 30 heavy (non-hydrogen) atoms. The molecule has 0 aliphatic rings. The topological polar surface area (TPSA) is 97.3 Å². The summed E-state index contributed by atoms with van der Waals surface area (Å²) in [6.07, 6.45) is -0.860. The van der Waals surface area contributed by atoms with Gasteiger partial charge in [0.05, 0.1) is 11.6 Å². The molecule has 7 nitrogen and oxygen atoms in total. The van der Waals surface area contributed by atoms with Gasteiger partial charge in [0.2, 0.25) is 0 Å². The fourth-order valence-electron chi connectivity index (χ4n) is 2.89. The number of amides is 1. The molecule has 1 aromatic heterocycles. The van der Waals surface area contributed by atoms with Crippen LogP contribution in [0.5, 0.6) is 0 Å². The predicted molar refractivity (Wildman–Crippen MR) is 109 cm³/mol. The van der Waals surface area contributed by atoms with E-state index in [2.05, 4.69) is 5.32 Å². The zero-order chi connectivity index (χ0) is 24.6. The molecule has 2 aromatic carbocycles. The third kappa shape index (κ3) is 4.69. The van der Waals surface area contributed by atoms with Crippen molar-refractivity contribution < 1.29 is 22.5 Å². The van der Waals surface area contributed by atoms with Crippen molar-refractivity contribution in [3.05, 3.63) is 58.3 Å². The second-order valence-corrected chi connectivity index (χ2v) is 7.72. The summed E-state index contributed by atoms with van der Waals surface area (Å²) in [7, 11) is 0. The maximum absolute atomic E-state index is 14.8. The van der Waals surface area contributed by atoms with Gasteiger partial charge in [-0.05, 0) is 55.7 Å². The molecule has 0 aliphatic heterocycles. The van der Waals surface area contributed by atoms with Crippen LogP contribution in [0.15, 0.2) is 45.6 Å². The maximum Gasteiger partial charge on any atom is 0.419 e. The molecule has 0 saturated heterocycles. The second-order valence-electron chi connectivity index (χ2n) is 7.72. The summed E-state index contributed by atoms with van der Waals surface area (Å²) in [4.78, 5) is 23.8. The van der Waals surface area contributed by atoms with Crippen LogP contribution in [-0.2, 0) is 18.1 Å². The molecule has 0 bridgehead atoms. The Hall–Kier alpha value is -3.60. The van der Waals surface area contributed by atoms with Crippen LogP contribution in [-0.4, -0.2) is 22.3 Å². The smallest absolute Gasteiger partial charge is 0.419 e. The average Bonchev–Trinajstić information content (AvgIpc) is 3.02. The normalized spacial score (nSPS) is 14.3. The van der Waals surface area contributed by atoms with E-state index < -0.39 is 36.3 Å². The van der Waals surface area contributed by atoms with Crippen molar-refractivity contribution in [3.8, 4) is 17.2 Å². The van der Waals surface area contributed by atoms with E-state index in [0.29, 0.717) is 15.7 Å². The average molecular weight is 414 g/mol. The van der Waals surface area contributed by atoms with Crippen molar-refractivity contribution in [3.63, 3.8) is 0 Å². The Bertz CT molecular complexity index is 1300. The SMILES string of the molecule is [2H]C([2H])([2H])n1c(=O)oc2ccc(-c3ccc(C[C@@H](C#N)NC(=O)OC(C)(C)C)c(F)c3)cc21. The van der Waals surface area contributed by atoms with Crippen LogP contribution in [0.1, 0.15) is 30.4 Å². The molecule has 0 unspecified atom stereocenters. The Morgan fingerprint density at radius 2 is 2.03 bits per heavy atom. The van der Waals surface area contributed by atoms with Gasteiger partial charge in [-0.15, -0.1) is 0 Å². The predicted octanol–water partition coefficient (Wildman–Crippen LogP) is 3.90. The van der Waals surface area contributed by atoms with E-state index in [0.717, 1.165) is 0 Å². The number of oxazole rings is 1. The minimum atomic E-state index is -2.73. The van der Waals surface area contributed by atoms with Crippen LogP contribution in [0.25, 0.3) is 22.2 Å². The highest BCUT2D eigenvalue weighted by molar-refractivity contribution is 5.80. The number of hydrogen-bond acceptors (Lipinski definition) is 5. The highest BCUT2D eigenvalue weighted by Crippen LogP contribution is 2.26. The lowest BCUT2D eigenvalue weighted by Crippen LogP contribution is -2.39. The van der Waals surface area contributed by atoms with Gasteiger partial charge in [0.25, 0.3) is 0 Å². The molecule has 1 amide bonds. The number of carbonyl (C=O) groups excluding carboxylic acids is 1. The number of ether oxygens (including phenoxy) is 1. The van der Waals surface area contributed by atoms with Crippen molar-refractivity contribution in [2.24, 2.45) is 6.98 Å². The monoisotopic (exact) mass is 414 g/mol. The number of nitrogens with zero attached hydrogens (tertiary/aromatic N) is 2. The minimum absolute atomic E-state index is 0.0630. The van der Waals surface area contributed by atoms with E-state index in [-0.39, 0.29) is 23.1 Å². The molecule has 156 valence electrons. The van der Waals surface area contributed by atoms with E-state index in [4.69, 9.17) is 13.3 Å². The summed E-state index contributed by atoms with van der Waals surface area (Å²) in [6, 6.07) is 9.66. The highest BCUT2D eigenvalue weighted by atomic mass is 19.1. The Balaban J connectivity index is 1.86. The summed E-state index contributed by atoms with van der Waals surface area (Å²) >= 11 is 0. The van der Waals surface area contributed by atoms with E-state index in [1.807, 2.05) is 6.07 Å². The van der Waals surface area contributed by atoms with Gasteiger partial charge in [0.15, 0.2) is 5.58 Å². The van der Waals surface area contributed by atoms with Crippen molar-refractivity contribution in [2.45, 2.75) is 38.8 Å². The third-order valence-electron chi connectivity index (χ3n) is 4.24. The van der Waals surface area contributed by atoms with Crippen molar-refractivity contribution in [2.75, 3.05) is 0 Å². The van der Waals surface area contributed by atoms with Gasteiger partial charge in [0, 0.05) is 17.5 Å². The van der Waals surface area contributed by atoms with E-state index in [9.17, 15) is 19.2 Å². The number of nitrogens with one attached hydrogen (secondary N) is 1. The Morgan fingerprint density at radius 1 is 1.33 bits per heavy atom. The number of benzene rings is 2. The molecule has 8 heteroatoms. The minimum Gasteiger partial charge on any atom is -0.444 e. The lowest BCUT2D eigenvalue weighted by molar-refractivity contribution is 0.0515. The standard InChI is InChI=1S/C22H22FN3O4/c1-22(2,3)30-20(27)25-16(12-24)9-15-6-5-13(10-17(15)23)14-7-8-19-18(11-14)26(4)21(28)29-19/h5-8,10-11,16H,9H2,1-4H3,(H,25,27)/t16-/m0/s1/i4D3. The van der Waals surface area contributed by atoms with Crippen LogP contribution >= 0.6 is 0 Å². The summed E-state index contributed by atoms with van der Waals surface area (Å²) in [5.41, 5.74) is 0.519. The van der Waals surface area contributed by atoms with Gasteiger partial charge in [-0.2, -0.15) is 5.26 Å². The zero-order valence-electron chi connectivity index (χ0n) is 19.7. The zero-order valence-corrected chi connectivity index (χ0v) is 16.7. The number of rotatable bonds is 4. The molecule has 0 saturated carbocycles. The molecular formula is C22H22FN3O4. The lowest BCUT2D eigenvalue weighted by Gasteiger charge is -2.21. The summed E-state index contributed by atoms with van der Waals surface area (Å²) in [5.74, 6) is -1.62. The van der Waals surface area contributed by atoms with E-state index in [1.54, 1.807) is 32.9 Å². The van der Waals surface area contributed by atoms with Gasteiger partial charge < -0.3 is 14.5 Å². The first kappa shape index (κ1) is 17.3. The van der Waals surface area contributed by atoms with Crippen molar-refractivity contribution in [1.82, 2.24) is 9.88 Å². The first-order valence-electron chi connectivity index (χ1n) is 10.6. The van der Waals surface area contributed by atoms with Crippen LogP contribution < -0.4 is 11.1 Å². The maximum atomic E-state index is 14.8. The molecule has 3 rings (SSSR count). The van der Waals surface area contributed by atoms with Crippen LogP contribution in [0, 0.1) is 17.1 Å². The Kier molecular flexibility index (Phi) is 4.62. The molecule has 1 heterocycles. The molecule has 1 atom stereocenters. The number of aromatic nitrogens is 1. The fourth-order valence-corrected chi connectivity index (χ4v) is 2.89. The number of fused-ring (bicyclic) bond motifs is 1. The number of halogens is 1. The lowest BCUT2D eigenvalue weighted by atomic mass is 10.00. The van der Waals surface area contributed by atoms with Gasteiger partial charge >= 0.3 is 11.8 Å². The van der Waals surface area contributed by atoms with Crippen molar-refractivity contribution >= 4 is 17.2 Å². The summed E-state index contributed by atoms with van der Waals surface area (Å²) in [6.45, 7) is 2.32. The molecule has 3 aromatic rings. The quantitative estimate of drug-likeness (QED) is 0.698. The first-order chi connectivity index (χ1) is 15.3. The van der Waals surface area contributed by atoms with Gasteiger partial charge in [-0.25, -0.2) is 14.0 Å². The Morgan fingerprint density at radius 3 is 2.67 bits per heavy atom. The molecular weight excluding hydrogens is 389 g/mol. The van der Waals surface area contributed by atoms with Crippen LogP contribution in [0.3, 0.4) is 0 Å². The number of alkyl carbamates (subject to hydrolysis) is 1. The molecule has 1 N–H and O–H groups in total. The first-order valence-corrected chi connectivity index (χ1v) is 9.12. The van der Waals surface area contributed by atoms with Gasteiger partial charge in [0.1, 0.15) is 17.5 Å². The molecule has 0 spiro atoms. The van der Waals surface area contributed by atoms with Crippen LogP contribution in [0.4, 0.5) is 9.18 Å². The summed E-state index contributed by atoms with van der Waals surface area (Å²) < 4.78 is 48.1. The van der Waals surface area contributed by atoms with E-state index >= 15 is 0 Å². The largest absolute Gasteiger partial charge is 0.444 e. The second kappa shape index (κ2) is 8.03. The number of aryl methyl sites for hydroxylation is 1. The fraction of sp³-hybridized carbons (Fsp3) is 0.318. The van der Waals surface area contributed by atoms with Gasteiger partial charge in [-0.3, -0.25) is 4.57 Å². The molecule has 0 fully saturated rings. The van der Waals surface area contributed by atoms with Crippen molar-refractivity contribution in [1.29, 1.82) is 5.26 Å².